The van der Waals surface area contributed by atoms with Crippen molar-refractivity contribution in [2.45, 2.75) is 32.2 Å². The molecule has 8 heteroatoms. The number of hydrogen-bond acceptors (Lipinski definition) is 4. The zero-order valence-electron chi connectivity index (χ0n) is 8.68. The molecule has 0 aromatic carbocycles. The Labute approximate surface area is 93.9 Å². The van der Waals surface area contributed by atoms with Gasteiger partial charge in [0.2, 0.25) is 0 Å². The van der Waals surface area contributed by atoms with Crippen molar-refractivity contribution in [3.05, 3.63) is 10.0 Å². The molecular weight excluding hydrogens is 246 g/mol. The Morgan fingerprint density at radius 2 is 2.00 bits per heavy atom. The molecule has 1 aromatic heterocycles. The van der Waals surface area contributed by atoms with Crippen LogP contribution in [-0.4, -0.2) is 23.2 Å². The van der Waals surface area contributed by atoms with Crippen LogP contribution in [-0.2, 0) is 5.92 Å². The molecule has 0 saturated heterocycles. The van der Waals surface area contributed by atoms with Gasteiger partial charge in [-0.2, -0.15) is 8.78 Å². The second kappa shape index (κ2) is 5.05. The quantitative estimate of drug-likeness (QED) is 0.824. The molecule has 1 rings (SSSR count). The fourth-order valence-corrected chi connectivity index (χ4v) is 1.88. The molecule has 16 heavy (non-hydrogen) atoms. The third-order valence-electron chi connectivity index (χ3n) is 1.88. The van der Waals surface area contributed by atoms with Crippen LogP contribution >= 0.6 is 11.3 Å². The molecule has 3 nitrogen and oxygen atoms in total. The molecule has 1 aromatic rings. The van der Waals surface area contributed by atoms with Crippen LogP contribution in [0.4, 0.5) is 17.6 Å². The van der Waals surface area contributed by atoms with Crippen molar-refractivity contribution in [1.29, 1.82) is 0 Å². The minimum Gasteiger partial charge on any atom is -0.308 e. The van der Waals surface area contributed by atoms with Crippen molar-refractivity contribution < 1.29 is 17.6 Å². The Kier molecular flexibility index (Phi) is 4.20. The summed E-state index contributed by atoms with van der Waals surface area (Å²) in [6.45, 7) is 4.17. The van der Waals surface area contributed by atoms with E-state index in [2.05, 4.69) is 15.5 Å². The molecule has 0 saturated carbocycles. The minimum absolute atomic E-state index is 0.273. The van der Waals surface area contributed by atoms with Crippen LogP contribution in [0.15, 0.2) is 0 Å². The van der Waals surface area contributed by atoms with Gasteiger partial charge in [0.15, 0.2) is 5.01 Å². The van der Waals surface area contributed by atoms with Crippen LogP contribution in [0, 0.1) is 0 Å². The van der Waals surface area contributed by atoms with Crippen molar-refractivity contribution in [1.82, 2.24) is 15.5 Å². The second-order valence-corrected chi connectivity index (χ2v) is 4.16. The largest absolute Gasteiger partial charge is 0.359 e. The van der Waals surface area contributed by atoms with Crippen LogP contribution in [0.3, 0.4) is 0 Å². The number of aromatic nitrogens is 2. The lowest BCUT2D eigenvalue weighted by molar-refractivity contribution is -0.135. The Bertz CT molecular complexity index is 342. The third kappa shape index (κ3) is 2.67. The van der Waals surface area contributed by atoms with Gasteiger partial charge in [-0.25, -0.2) is 8.78 Å². The first-order chi connectivity index (χ1) is 7.39. The standard InChI is InChI=1S/C8H11F4N3S/c1-3-13-4(2)5-14-15-7(16-5)8(11,12)6(9)10/h4,6,13H,3H2,1-2H3. The van der Waals surface area contributed by atoms with E-state index >= 15 is 0 Å². The Morgan fingerprint density at radius 1 is 1.38 bits per heavy atom. The summed E-state index contributed by atoms with van der Waals surface area (Å²) in [6.07, 6.45) is -3.76. The smallest absolute Gasteiger partial charge is 0.308 e. The van der Waals surface area contributed by atoms with E-state index in [9.17, 15) is 17.6 Å². The molecule has 1 atom stereocenters. The molecule has 1 heterocycles. The first-order valence-corrected chi connectivity index (χ1v) is 5.44. The molecule has 0 radical (unpaired) electrons. The second-order valence-electron chi connectivity index (χ2n) is 3.15. The summed E-state index contributed by atoms with van der Waals surface area (Å²) in [5.74, 6) is -4.22. The zero-order chi connectivity index (χ0) is 12.3. The maximum Gasteiger partial charge on any atom is 0.359 e. The van der Waals surface area contributed by atoms with E-state index in [1.165, 1.54) is 0 Å². The molecule has 92 valence electrons. The summed E-state index contributed by atoms with van der Waals surface area (Å²) in [5.41, 5.74) is 0. The van der Waals surface area contributed by atoms with Gasteiger partial charge in [-0.3, -0.25) is 0 Å². The molecule has 0 aliphatic carbocycles. The summed E-state index contributed by atoms with van der Waals surface area (Å²) in [4.78, 5) is 0. The van der Waals surface area contributed by atoms with Crippen LogP contribution in [0.1, 0.15) is 29.9 Å². The van der Waals surface area contributed by atoms with Gasteiger partial charge in [0.25, 0.3) is 0 Å². The lowest BCUT2D eigenvalue weighted by Gasteiger charge is -2.10. The van der Waals surface area contributed by atoms with E-state index in [1.807, 2.05) is 6.92 Å². The van der Waals surface area contributed by atoms with Gasteiger partial charge < -0.3 is 5.32 Å². The molecule has 0 fully saturated rings. The predicted octanol–water partition coefficient (Wildman–Crippen LogP) is 2.57. The summed E-state index contributed by atoms with van der Waals surface area (Å²) >= 11 is 0.501. The van der Waals surface area contributed by atoms with Crippen LogP contribution in [0.5, 0.6) is 0 Å². The average molecular weight is 257 g/mol. The van der Waals surface area contributed by atoms with E-state index in [0.717, 1.165) is 0 Å². The first kappa shape index (κ1) is 13.3. The minimum atomic E-state index is -4.22. The predicted molar refractivity (Wildman–Crippen MR) is 51.9 cm³/mol. The highest BCUT2D eigenvalue weighted by Gasteiger charge is 2.46. The van der Waals surface area contributed by atoms with E-state index in [-0.39, 0.29) is 11.0 Å². The highest BCUT2D eigenvalue weighted by Crippen LogP contribution is 2.36. The van der Waals surface area contributed by atoms with Gasteiger partial charge in [0, 0.05) is 0 Å². The summed E-state index contributed by atoms with van der Waals surface area (Å²) < 4.78 is 49.8. The molecule has 0 amide bonds. The fraction of sp³-hybridized carbons (Fsp3) is 0.750. The topological polar surface area (TPSA) is 37.8 Å². The Balaban J connectivity index is 2.86. The first-order valence-electron chi connectivity index (χ1n) is 4.62. The molecule has 0 aliphatic heterocycles. The number of nitrogens with one attached hydrogen (secondary N) is 1. The van der Waals surface area contributed by atoms with Gasteiger partial charge in [-0.15, -0.1) is 10.2 Å². The summed E-state index contributed by atoms with van der Waals surface area (Å²) in [5, 5.41) is 8.85. The lowest BCUT2D eigenvalue weighted by Crippen LogP contribution is -2.23. The molecule has 0 bridgehead atoms. The summed E-state index contributed by atoms with van der Waals surface area (Å²) in [7, 11) is 0. The SMILES string of the molecule is CCNC(C)c1nnc(C(F)(F)C(F)F)s1. The Morgan fingerprint density at radius 3 is 2.50 bits per heavy atom. The number of hydrogen-bond donors (Lipinski definition) is 1. The maximum absolute atomic E-state index is 12.9. The number of halogens is 4. The van der Waals surface area contributed by atoms with E-state index in [4.69, 9.17) is 0 Å². The molecule has 0 spiro atoms. The highest BCUT2D eigenvalue weighted by atomic mass is 32.1. The van der Waals surface area contributed by atoms with Crippen LogP contribution in [0.2, 0.25) is 0 Å². The van der Waals surface area contributed by atoms with Crippen LogP contribution < -0.4 is 5.32 Å². The van der Waals surface area contributed by atoms with Crippen molar-refractivity contribution in [2.24, 2.45) is 0 Å². The zero-order valence-corrected chi connectivity index (χ0v) is 9.49. The molecule has 1 unspecified atom stereocenters. The molecule has 0 aliphatic rings. The van der Waals surface area contributed by atoms with Crippen molar-refractivity contribution in [3.8, 4) is 0 Å². The fourth-order valence-electron chi connectivity index (χ4n) is 1.03. The number of nitrogens with zero attached hydrogens (tertiary/aromatic N) is 2. The van der Waals surface area contributed by atoms with E-state index < -0.39 is 17.4 Å². The third-order valence-corrected chi connectivity index (χ3v) is 3.07. The molecular formula is C8H11F4N3S. The average Bonchev–Trinajstić information content (AvgIpc) is 2.67. The molecule has 1 N–H and O–H groups in total. The van der Waals surface area contributed by atoms with Crippen molar-refractivity contribution in [2.75, 3.05) is 6.54 Å². The van der Waals surface area contributed by atoms with Crippen molar-refractivity contribution in [3.63, 3.8) is 0 Å². The lowest BCUT2D eigenvalue weighted by atomic mass is 10.3. The van der Waals surface area contributed by atoms with Crippen LogP contribution in [0.25, 0.3) is 0 Å². The van der Waals surface area contributed by atoms with Gasteiger partial charge in [-0.1, -0.05) is 18.3 Å². The van der Waals surface area contributed by atoms with E-state index in [0.29, 0.717) is 17.9 Å². The van der Waals surface area contributed by atoms with Gasteiger partial charge in [0.05, 0.1) is 6.04 Å². The summed E-state index contributed by atoms with van der Waals surface area (Å²) in [6, 6.07) is -0.273. The Hall–Kier alpha value is -0.760. The number of rotatable bonds is 5. The maximum atomic E-state index is 12.9. The van der Waals surface area contributed by atoms with Gasteiger partial charge in [-0.05, 0) is 13.5 Å². The van der Waals surface area contributed by atoms with Gasteiger partial charge >= 0.3 is 12.3 Å². The number of alkyl halides is 4. The normalized spacial score (nSPS) is 14.4. The van der Waals surface area contributed by atoms with Gasteiger partial charge in [0.1, 0.15) is 5.01 Å². The van der Waals surface area contributed by atoms with Crippen molar-refractivity contribution >= 4 is 11.3 Å². The highest BCUT2D eigenvalue weighted by molar-refractivity contribution is 7.11. The monoisotopic (exact) mass is 257 g/mol. The van der Waals surface area contributed by atoms with E-state index in [1.54, 1.807) is 6.92 Å².